The Morgan fingerprint density at radius 1 is 0.793 bits per heavy atom. The van der Waals surface area contributed by atoms with E-state index in [4.69, 9.17) is 19.9 Å². The third-order valence-corrected chi connectivity index (χ3v) is 3.71. The van der Waals surface area contributed by atoms with Crippen LogP contribution in [0.3, 0.4) is 0 Å². The largest absolute Gasteiger partial charge is 1.00 e. The van der Waals surface area contributed by atoms with Gasteiger partial charge in [-0.1, -0.05) is 24.2 Å². The SMILES string of the molecule is CC(C)(COC[n+]1ccc(/C=N\O)cc1)COC[n+]1ccc(/C=N\O)cc1.[Cl-].[Cl-]. The maximum Gasteiger partial charge on any atom is 0.252 e. The Morgan fingerprint density at radius 3 is 1.45 bits per heavy atom. The molecule has 0 saturated carbocycles. The number of pyridine rings is 2. The van der Waals surface area contributed by atoms with E-state index in [0.717, 1.165) is 11.1 Å². The highest BCUT2D eigenvalue weighted by Crippen LogP contribution is 2.15. The van der Waals surface area contributed by atoms with Crippen molar-refractivity contribution in [3.05, 3.63) is 60.2 Å². The molecular formula is C19H26Cl2N4O4. The fraction of sp³-hybridized carbons (Fsp3) is 0.368. The van der Waals surface area contributed by atoms with Crippen molar-refractivity contribution in [2.24, 2.45) is 15.7 Å². The van der Waals surface area contributed by atoms with Gasteiger partial charge in [-0.3, -0.25) is 0 Å². The quantitative estimate of drug-likeness (QED) is 0.167. The van der Waals surface area contributed by atoms with Crippen molar-refractivity contribution in [3.63, 3.8) is 0 Å². The normalized spacial score (nSPS) is 11.4. The van der Waals surface area contributed by atoms with Gasteiger partial charge in [0.05, 0.1) is 25.6 Å². The van der Waals surface area contributed by atoms with Gasteiger partial charge in [0, 0.05) is 40.8 Å². The first-order valence-electron chi connectivity index (χ1n) is 8.51. The molecule has 0 fully saturated rings. The van der Waals surface area contributed by atoms with Crippen LogP contribution in [0.2, 0.25) is 0 Å². The maximum atomic E-state index is 8.51. The lowest BCUT2D eigenvalue weighted by atomic mass is 9.96. The van der Waals surface area contributed by atoms with Crippen molar-refractivity contribution < 1.29 is 53.8 Å². The molecule has 2 rings (SSSR count). The lowest BCUT2D eigenvalue weighted by Crippen LogP contribution is -3.00. The molecule has 0 saturated heterocycles. The summed E-state index contributed by atoms with van der Waals surface area (Å²) < 4.78 is 15.4. The summed E-state index contributed by atoms with van der Waals surface area (Å²) in [5, 5.41) is 23.0. The second kappa shape index (κ2) is 13.8. The molecule has 0 aliphatic rings. The summed E-state index contributed by atoms with van der Waals surface area (Å²) in [7, 11) is 0. The average Bonchev–Trinajstić information content (AvgIpc) is 2.65. The lowest BCUT2D eigenvalue weighted by Gasteiger charge is -2.22. The van der Waals surface area contributed by atoms with Crippen LogP contribution in [0.4, 0.5) is 0 Å². The number of aromatic nitrogens is 2. The van der Waals surface area contributed by atoms with Crippen molar-refractivity contribution in [1.82, 2.24) is 0 Å². The molecule has 2 aromatic heterocycles. The lowest BCUT2D eigenvalue weighted by molar-refractivity contribution is -0.735. The molecule has 2 N–H and O–H groups in total. The van der Waals surface area contributed by atoms with Gasteiger partial charge in [-0.15, -0.1) is 0 Å². The van der Waals surface area contributed by atoms with Crippen molar-refractivity contribution in [2.45, 2.75) is 27.3 Å². The van der Waals surface area contributed by atoms with E-state index in [2.05, 4.69) is 24.2 Å². The molecule has 2 aromatic rings. The molecule has 0 radical (unpaired) electrons. The highest BCUT2D eigenvalue weighted by atomic mass is 35.5. The van der Waals surface area contributed by atoms with Gasteiger partial charge in [0.2, 0.25) is 0 Å². The van der Waals surface area contributed by atoms with E-state index >= 15 is 0 Å². The van der Waals surface area contributed by atoms with Crippen molar-refractivity contribution in [2.75, 3.05) is 13.2 Å². The third-order valence-electron chi connectivity index (χ3n) is 3.71. The van der Waals surface area contributed by atoms with E-state index in [1.54, 1.807) is 0 Å². The third kappa shape index (κ3) is 10.2. The zero-order valence-corrected chi connectivity index (χ0v) is 17.9. The van der Waals surface area contributed by atoms with Gasteiger partial charge in [0.1, 0.15) is 0 Å². The summed E-state index contributed by atoms with van der Waals surface area (Å²) in [5.41, 5.74) is 1.50. The van der Waals surface area contributed by atoms with Crippen LogP contribution < -0.4 is 33.9 Å². The summed E-state index contributed by atoms with van der Waals surface area (Å²) in [4.78, 5) is 0. The van der Waals surface area contributed by atoms with Gasteiger partial charge in [0.25, 0.3) is 13.5 Å². The Bertz CT molecular complexity index is 690. The molecular weight excluding hydrogens is 419 g/mol. The molecule has 160 valence electrons. The number of hydrogen-bond donors (Lipinski definition) is 2. The van der Waals surface area contributed by atoms with Crippen molar-refractivity contribution in [3.8, 4) is 0 Å². The van der Waals surface area contributed by atoms with Crippen LogP contribution in [0, 0.1) is 5.41 Å². The molecule has 8 nitrogen and oxygen atoms in total. The van der Waals surface area contributed by atoms with Crippen LogP contribution in [0.1, 0.15) is 25.0 Å². The number of nitrogens with zero attached hydrogens (tertiary/aromatic N) is 4. The van der Waals surface area contributed by atoms with E-state index in [9.17, 15) is 0 Å². The molecule has 0 bridgehead atoms. The fourth-order valence-electron chi connectivity index (χ4n) is 2.31. The van der Waals surface area contributed by atoms with E-state index in [1.165, 1.54) is 12.4 Å². The summed E-state index contributed by atoms with van der Waals surface area (Å²) in [6.07, 6.45) is 10.2. The number of ether oxygens (including phenoxy) is 2. The van der Waals surface area contributed by atoms with Gasteiger partial charge in [0.15, 0.2) is 24.8 Å². The number of hydrogen-bond acceptors (Lipinski definition) is 6. The zero-order chi connectivity index (χ0) is 19.5. The predicted molar refractivity (Wildman–Crippen MR) is 97.7 cm³/mol. The number of rotatable bonds is 10. The van der Waals surface area contributed by atoms with E-state index < -0.39 is 0 Å². The van der Waals surface area contributed by atoms with Crippen LogP contribution >= 0.6 is 0 Å². The Hall–Kier alpha value is -2.26. The second-order valence-electron chi connectivity index (χ2n) is 6.90. The number of oxime groups is 2. The Labute approximate surface area is 182 Å². The smallest absolute Gasteiger partial charge is 0.252 e. The highest BCUT2D eigenvalue weighted by molar-refractivity contribution is 5.78. The molecule has 0 atom stereocenters. The Balaban J connectivity index is 0.00000392. The maximum absolute atomic E-state index is 8.51. The predicted octanol–water partition coefficient (Wildman–Crippen LogP) is -4.44. The van der Waals surface area contributed by atoms with Crippen molar-refractivity contribution >= 4 is 12.4 Å². The molecule has 0 aliphatic heterocycles. The molecule has 2 heterocycles. The van der Waals surface area contributed by atoms with Gasteiger partial charge >= 0.3 is 0 Å². The summed E-state index contributed by atoms with van der Waals surface area (Å²) in [6, 6.07) is 7.36. The molecule has 0 aliphatic carbocycles. The topological polar surface area (TPSA) is 91.4 Å². The minimum Gasteiger partial charge on any atom is -1.00 e. The van der Waals surface area contributed by atoms with E-state index in [0.29, 0.717) is 26.7 Å². The standard InChI is InChI=1S/C19H24N4O4.2ClH/c1-19(2,13-26-15-22-7-3-17(4-8-22)11-20-24)14-27-16-23-9-5-18(6-10-23)12-21-25;;/h3-12H,13-16H2,1-2H3;2*1H. The minimum atomic E-state index is -0.131. The second-order valence-corrected chi connectivity index (χ2v) is 6.90. The zero-order valence-electron chi connectivity index (χ0n) is 16.4. The van der Waals surface area contributed by atoms with E-state index in [-0.39, 0.29) is 30.2 Å². The average molecular weight is 445 g/mol. The highest BCUT2D eigenvalue weighted by Gasteiger charge is 2.20. The van der Waals surface area contributed by atoms with Crippen LogP contribution in [0.15, 0.2) is 59.4 Å². The first-order chi connectivity index (χ1) is 13.0. The summed E-state index contributed by atoms with van der Waals surface area (Å²) in [5.74, 6) is 0. The van der Waals surface area contributed by atoms with Crippen molar-refractivity contribution in [1.29, 1.82) is 0 Å². The van der Waals surface area contributed by atoms with Crippen LogP contribution in [0.5, 0.6) is 0 Å². The van der Waals surface area contributed by atoms with Crippen LogP contribution in [-0.2, 0) is 22.9 Å². The van der Waals surface area contributed by atoms with Gasteiger partial charge in [-0.25, -0.2) is 0 Å². The molecule has 0 amide bonds. The van der Waals surface area contributed by atoms with Gasteiger partial charge < -0.3 is 44.7 Å². The molecule has 29 heavy (non-hydrogen) atoms. The molecule has 0 unspecified atom stereocenters. The minimum absolute atomic E-state index is 0. The van der Waals surface area contributed by atoms with Gasteiger partial charge in [-0.05, 0) is 0 Å². The van der Waals surface area contributed by atoms with Crippen LogP contribution in [0.25, 0.3) is 0 Å². The monoisotopic (exact) mass is 444 g/mol. The molecule has 0 aromatic carbocycles. The van der Waals surface area contributed by atoms with Gasteiger partial charge in [-0.2, -0.15) is 9.13 Å². The first kappa shape index (κ1) is 26.7. The van der Waals surface area contributed by atoms with Crippen LogP contribution in [-0.4, -0.2) is 36.1 Å². The summed E-state index contributed by atoms with van der Waals surface area (Å²) >= 11 is 0. The number of halogens is 2. The fourth-order valence-corrected chi connectivity index (χ4v) is 2.31. The first-order valence-corrected chi connectivity index (χ1v) is 8.51. The summed E-state index contributed by atoms with van der Waals surface area (Å²) in [6.45, 7) is 6.14. The Morgan fingerprint density at radius 2 is 1.14 bits per heavy atom. The Kier molecular flexibility index (Phi) is 12.8. The van der Waals surface area contributed by atoms with E-state index in [1.807, 2.05) is 58.2 Å². The molecule has 0 spiro atoms. The molecule has 10 heteroatoms.